The number of aryl methyl sites for hydroxylation is 2. The first-order chi connectivity index (χ1) is 10.5. The van der Waals surface area contributed by atoms with Gasteiger partial charge in [-0.3, -0.25) is 4.79 Å². The maximum atomic E-state index is 12.3. The Bertz CT molecular complexity index is 688. The number of hydrogen-bond donors (Lipinski definition) is 2. The fourth-order valence-corrected chi connectivity index (χ4v) is 2.74. The number of nitrogens with zero attached hydrogens (tertiary/aromatic N) is 2. The van der Waals surface area contributed by atoms with Gasteiger partial charge in [0, 0.05) is 17.3 Å². The summed E-state index contributed by atoms with van der Waals surface area (Å²) in [6, 6.07) is 9.85. The molecule has 0 spiro atoms. The molecule has 1 aromatic carbocycles. The van der Waals surface area contributed by atoms with Crippen LogP contribution in [0.5, 0.6) is 0 Å². The van der Waals surface area contributed by atoms with E-state index in [-0.39, 0.29) is 11.8 Å². The van der Waals surface area contributed by atoms with Gasteiger partial charge in [0.1, 0.15) is 0 Å². The van der Waals surface area contributed by atoms with Gasteiger partial charge in [0.15, 0.2) is 0 Å². The summed E-state index contributed by atoms with van der Waals surface area (Å²) in [4.78, 5) is 12.3. The molecule has 1 amide bonds. The van der Waals surface area contributed by atoms with Crippen molar-refractivity contribution in [2.24, 2.45) is 11.8 Å². The van der Waals surface area contributed by atoms with Crippen LogP contribution in [0.1, 0.15) is 18.3 Å². The highest BCUT2D eigenvalue weighted by Gasteiger charge is 2.28. The zero-order valence-corrected chi connectivity index (χ0v) is 13.3. The van der Waals surface area contributed by atoms with E-state index in [1.807, 2.05) is 55.8 Å². The zero-order valence-electron chi connectivity index (χ0n) is 13.3. The van der Waals surface area contributed by atoms with E-state index in [4.69, 9.17) is 0 Å². The minimum atomic E-state index is 0.0265. The van der Waals surface area contributed by atoms with Crippen LogP contribution in [0.15, 0.2) is 30.3 Å². The van der Waals surface area contributed by atoms with E-state index in [2.05, 4.69) is 15.7 Å². The molecule has 5 nitrogen and oxygen atoms in total. The molecular weight excluding hydrogens is 276 g/mol. The van der Waals surface area contributed by atoms with Crippen molar-refractivity contribution >= 4 is 11.6 Å². The average Bonchev–Trinajstić information content (AvgIpc) is 2.76. The minimum Gasteiger partial charge on any atom is -0.326 e. The van der Waals surface area contributed by atoms with Crippen LogP contribution in [0.3, 0.4) is 0 Å². The molecule has 1 fully saturated rings. The fourth-order valence-electron chi connectivity index (χ4n) is 2.74. The van der Waals surface area contributed by atoms with Crippen molar-refractivity contribution in [1.82, 2.24) is 15.1 Å². The second kappa shape index (κ2) is 5.93. The summed E-state index contributed by atoms with van der Waals surface area (Å²) in [6.07, 6.45) is 0. The number of amides is 1. The van der Waals surface area contributed by atoms with Crippen molar-refractivity contribution in [3.05, 3.63) is 41.7 Å². The summed E-state index contributed by atoms with van der Waals surface area (Å²) in [5.74, 6) is 0.551. The highest BCUT2D eigenvalue weighted by Crippen LogP contribution is 2.20. The third-order valence-corrected chi connectivity index (χ3v) is 4.30. The minimum absolute atomic E-state index is 0.0265. The molecule has 3 rings (SSSR count). The van der Waals surface area contributed by atoms with Crippen LogP contribution in [-0.2, 0) is 4.79 Å². The Morgan fingerprint density at radius 1 is 1.36 bits per heavy atom. The number of carbonyl (C=O) groups excluding carboxylic acids is 1. The van der Waals surface area contributed by atoms with E-state index in [9.17, 15) is 4.79 Å². The Balaban J connectivity index is 1.76. The normalized spacial score (nSPS) is 16.1. The summed E-state index contributed by atoms with van der Waals surface area (Å²) in [7, 11) is 0. The molecule has 22 heavy (non-hydrogen) atoms. The number of carbonyl (C=O) groups is 1. The molecule has 0 bridgehead atoms. The predicted molar refractivity (Wildman–Crippen MR) is 87.2 cm³/mol. The average molecular weight is 298 g/mol. The quantitative estimate of drug-likeness (QED) is 0.910. The monoisotopic (exact) mass is 298 g/mol. The number of anilines is 1. The third kappa shape index (κ3) is 2.90. The van der Waals surface area contributed by atoms with Gasteiger partial charge in [0.05, 0.1) is 11.4 Å². The molecule has 2 aromatic rings. The standard InChI is InChI=1S/C17H22N4O/c1-11-7-12(2)21(20-11)16-6-4-5-15(8-16)19-17(22)13(3)14-9-18-10-14/h4-8,13-14,18H,9-10H2,1-3H3,(H,19,22). The van der Waals surface area contributed by atoms with Crippen molar-refractivity contribution < 1.29 is 4.79 Å². The molecule has 1 atom stereocenters. The lowest BCUT2D eigenvalue weighted by Gasteiger charge is -2.31. The number of nitrogens with one attached hydrogen (secondary N) is 2. The van der Waals surface area contributed by atoms with E-state index >= 15 is 0 Å². The molecule has 5 heteroatoms. The van der Waals surface area contributed by atoms with E-state index in [0.29, 0.717) is 5.92 Å². The SMILES string of the molecule is Cc1cc(C)n(-c2cccc(NC(=O)C(C)C3CNC3)c2)n1. The Morgan fingerprint density at radius 2 is 2.14 bits per heavy atom. The van der Waals surface area contributed by atoms with E-state index < -0.39 is 0 Å². The van der Waals surface area contributed by atoms with Crippen molar-refractivity contribution in [1.29, 1.82) is 0 Å². The molecule has 0 radical (unpaired) electrons. The first-order valence-corrected chi connectivity index (χ1v) is 7.70. The van der Waals surface area contributed by atoms with Crippen LogP contribution in [-0.4, -0.2) is 28.8 Å². The summed E-state index contributed by atoms with van der Waals surface area (Å²) in [6.45, 7) is 7.85. The smallest absolute Gasteiger partial charge is 0.227 e. The third-order valence-electron chi connectivity index (χ3n) is 4.30. The Labute approximate surface area is 130 Å². The van der Waals surface area contributed by atoms with Crippen molar-refractivity contribution in [3.63, 3.8) is 0 Å². The van der Waals surface area contributed by atoms with Crippen LogP contribution in [0.25, 0.3) is 5.69 Å². The van der Waals surface area contributed by atoms with Gasteiger partial charge in [-0.1, -0.05) is 13.0 Å². The maximum absolute atomic E-state index is 12.3. The Kier molecular flexibility index (Phi) is 3.98. The van der Waals surface area contributed by atoms with Gasteiger partial charge in [-0.15, -0.1) is 0 Å². The van der Waals surface area contributed by atoms with Crippen molar-refractivity contribution in [2.75, 3.05) is 18.4 Å². The Hall–Kier alpha value is -2.14. The number of rotatable bonds is 4. The second-order valence-corrected chi connectivity index (χ2v) is 6.09. The molecule has 116 valence electrons. The first-order valence-electron chi connectivity index (χ1n) is 7.70. The summed E-state index contributed by atoms with van der Waals surface area (Å²) >= 11 is 0. The predicted octanol–water partition coefficient (Wildman–Crippen LogP) is 2.28. The van der Waals surface area contributed by atoms with Crippen LogP contribution in [0.4, 0.5) is 5.69 Å². The van der Waals surface area contributed by atoms with Crippen LogP contribution in [0, 0.1) is 25.7 Å². The molecule has 1 saturated heterocycles. The molecule has 0 aliphatic carbocycles. The highest BCUT2D eigenvalue weighted by atomic mass is 16.1. The fraction of sp³-hybridized carbons (Fsp3) is 0.412. The molecule has 1 unspecified atom stereocenters. The Morgan fingerprint density at radius 3 is 2.73 bits per heavy atom. The van der Waals surface area contributed by atoms with Gasteiger partial charge in [0.25, 0.3) is 0 Å². The molecule has 2 N–H and O–H groups in total. The van der Waals surface area contributed by atoms with Gasteiger partial charge in [-0.2, -0.15) is 5.10 Å². The molecule has 2 heterocycles. The first kappa shape index (κ1) is 14.8. The van der Waals surface area contributed by atoms with Gasteiger partial charge < -0.3 is 10.6 Å². The summed E-state index contributed by atoms with van der Waals surface area (Å²) < 4.78 is 1.89. The van der Waals surface area contributed by atoms with Crippen LogP contribution < -0.4 is 10.6 Å². The topological polar surface area (TPSA) is 59.0 Å². The number of hydrogen-bond acceptors (Lipinski definition) is 3. The van der Waals surface area contributed by atoms with E-state index in [0.717, 1.165) is 35.9 Å². The summed E-state index contributed by atoms with van der Waals surface area (Å²) in [5.41, 5.74) is 3.84. The van der Waals surface area contributed by atoms with Crippen molar-refractivity contribution in [2.45, 2.75) is 20.8 Å². The molecule has 1 aliphatic rings. The lowest BCUT2D eigenvalue weighted by Crippen LogP contribution is -2.48. The zero-order chi connectivity index (χ0) is 15.7. The van der Waals surface area contributed by atoms with E-state index in [1.165, 1.54) is 0 Å². The molecule has 1 aliphatic heterocycles. The van der Waals surface area contributed by atoms with Gasteiger partial charge in [0.2, 0.25) is 5.91 Å². The van der Waals surface area contributed by atoms with Gasteiger partial charge in [-0.05, 0) is 57.1 Å². The highest BCUT2D eigenvalue weighted by molar-refractivity contribution is 5.92. The van der Waals surface area contributed by atoms with Crippen LogP contribution >= 0.6 is 0 Å². The van der Waals surface area contributed by atoms with Gasteiger partial charge >= 0.3 is 0 Å². The molecule has 0 saturated carbocycles. The second-order valence-electron chi connectivity index (χ2n) is 6.09. The van der Waals surface area contributed by atoms with Gasteiger partial charge in [-0.25, -0.2) is 4.68 Å². The van der Waals surface area contributed by atoms with Crippen molar-refractivity contribution in [3.8, 4) is 5.69 Å². The molecule has 1 aromatic heterocycles. The maximum Gasteiger partial charge on any atom is 0.227 e. The summed E-state index contributed by atoms with van der Waals surface area (Å²) in [5, 5.41) is 10.7. The number of aromatic nitrogens is 2. The lowest BCUT2D eigenvalue weighted by atomic mass is 9.88. The molecular formula is C17H22N4O. The van der Waals surface area contributed by atoms with Crippen LogP contribution in [0.2, 0.25) is 0 Å². The lowest BCUT2D eigenvalue weighted by molar-refractivity contribution is -0.121. The largest absolute Gasteiger partial charge is 0.326 e. The number of benzene rings is 1. The van der Waals surface area contributed by atoms with E-state index in [1.54, 1.807) is 0 Å².